The van der Waals surface area contributed by atoms with E-state index in [1.165, 1.54) is 0 Å². The third-order valence-electron chi connectivity index (χ3n) is 2.52. The highest BCUT2D eigenvalue weighted by atomic mass is 35.5. The second-order valence-corrected chi connectivity index (χ2v) is 4.26. The molecular weight excluding hydrogens is 252 g/mol. The summed E-state index contributed by atoms with van der Waals surface area (Å²) in [6.07, 6.45) is 0. The highest BCUT2D eigenvalue weighted by Crippen LogP contribution is 2.20. The Bertz CT molecular complexity index is 599. The SMILES string of the molecule is CCONC(=O)c1cc2ccc(Cl)cc2nc1C. The van der Waals surface area contributed by atoms with Crippen molar-refractivity contribution in [2.75, 3.05) is 6.61 Å². The molecule has 0 saturated carbocycles. The van der Waals surface area contributed by atoms with Gasteiger partial charge in [0.15, 0.2) is 0 Å². The summed E-state index contributed by atoms with van der Waals surface area (Å²) in [5, 5.41) is 1.49. The van der Waals surface area contributed by atoms with Gasteiger partial charge in [0.05, 0.1) is 23.4 Å². The van der Waals surface area contributed by atoms with Crippen LogP contribution in [0, 0.1) is 6.92 Å². The van der Waals surface area contributed by atoms with Crippen LogP contribution in [0.4, 0.5) is 0 Å². The van der Waals surface area contributed by atoms with E-state index in [-0.39, 0.29) is 5.91 Å². The summed E-state index contributed by atoms with van der Waals surface area (Å²) >= 11 is 5.90. The van der Waals surface area contributed by atoms with Crippen molar-refractivity contribution in [3.63, 3.8) is 0 Å². The lowest BCUT2D eigenvalue weighted by Gasteiger charge is -2.08. The number of nitrogens with zero attached hydrogens (tertiary/aromatic N) is 1. The number of amides is 1. The second kappa shape index (κ2) is 5.33. The first-order valence-electron chi connectivity index (χ1n) is 5.61. The van der Waals surface area contributed by atoms with Gasteiger partial charge in [-0.15, -0.1) is 0 Å². The molecule has 0 saturated heterocycles. The molecule has 0 aliphatic rings. The van der Waals surface area contributed by atoms with Crippen LogP contribution in [0.2, 0.25) is 5.02 Å². The Morgan fingerprint density at radius 2 is 2.22 bits per heavy atom. The van der Waals surface area contributed by atoms with E-state index < -0.39 is 0 Å². The minimum absolute atomic E-state index is 0.293. The summed E-state index contributed by atoms with van der Waals surface area (Å²) in [6, 6.07) is 7.16. The van der Waals surface area contributed by atoms with Crippen LogP contribution in [0.25, 0.3) is 10.9 Å². The average Bonchev–Trinajstić information content (AvgIpc) is 2.35. The van der Waals surface area contributed by atoms with Crippen LogP contribution in [0.3, 0.4) is 0 Å². The van der Waals surface area contributed by atoms with Crippen LogP contribution >= 0.6 is 11.6 Å². The molecule has 1 heterocycles. The smallest absolute Gasteiger partial charge is 0.274 e. The molecule has 5 heteroatoms. The van der Waals surface area contributed by atoms with E-state index in [0.717, 1.165) is 10.9 Å². The summed E-state index contributed by atoms with van der Waals surface area (Å²) in [4.78, 5) is 21.1. The van der Waals surface area contributed by atoms with Crippen LogP contribution in [0.15, 0.2) is 24.3 Å². The fourth-order valence-electron chi connectivity index (χ4n) is 1.66. The number of carbonyl (C=O) groups is 1. The van der Waals surface area contributed by atoms with Crippen LogP contribution < -0.4 is 5.48 Å². The van der Waals surface area contributed by atoms with Gasteiger partial charge in [-0.2, -0.15) is 0 Å². The molecule has 2 aromatic rings. The molecular formula is C13H13ClN2O2. The summed E-state index contributed by atoms with van der Waals surface area (Å²) in [5.41, 5.74) is 4.27. The number of benzene rings is 1. The number of rotatable bonds is 3. The lowest BCUT2D eigenvalue weighted by Crippen LogP contribution is -2.24. The van der Waals surface area contributed by atoms with Crippen molar-refractivity contribution in [2.45, 2.75) is 13.8 Å². The summed E-state index contributed by atoms with van der Waals surface area (Å²) in [7, 11) is 0. The molecule has 0 atom stereocenters. The van der Waals surface area contributed by atoms with E-state index in [9.17, 15) is 4.79 Å². The predicted molar refractivity (Wildman–Crippen MR) is 70.6 cm³/mol. The van der Waals surface area contributed by atoms with E-state index in [1.54, 1.807) is 32.0 Å². The normalized spacial score (nSPS) is 10.6. The Labute approximate surface area is 110 Å². The zero-order valence-electron chi connectivity index (χ0n) is 10.2. The van der Waals surface area contributed by atoms with Crippen LogP contribution in [-0.4, -0.2) is 17.5 Å². The molecule has 0 fully saturated rings. The van der Waals surface area contributed by atoms with E-state index in [4.69, 9.17) is 16.4 Å². The Hall–Kier alpha value is -1.65. The van der Waals surface area contributed by atoms with Gasteiger partial charge >= 0.3 is 0 Å². The van der Waals surface area contributed by atoms with Crippen LogP contribution in [-0.2, 0) is 4.84 Å². The standard InChI is InChI=1S/C13H13ClN2O2/c1-3-18-16-13(17)11-6-9-4-5-10(14)7-12(9)15-8(11)2/h4-7H,3H2,1-2H3,(H,16,17). The molecule has 0 unspecified atom stereocenters. The van der Waals surface area contributed by atoms with Gasteiger partial charge in [0, 0.05) is 10.4 Å². The van der Waals surface area contributed by atoms with Gasteiger partial charge in [0.25, 0.3) is 5.91 Å². The minimum atomic E-state index is -0.293. The Balaban J connectivity index is 2.43. The zero-order chi connectivity index (χ0) is 13.1. The molecule has 0 radical (unpaired) electrons. The fraction of sp³-hybridized carbons (Fsp3) is 0.231. The van der Waals surface area contributed by atoms with Crippen molar-refractivity contribution in [1.29, 1.82) is 0 Å². The van der Waals surface area contributed by atoms with E-state index in [2.05, 4.69) is 10.5 Å². The van der Waals surface area contributed by atoms with E-state index in [0.29, 0.717) is 22.9 Å². The Morgan fingerprint density at radius 1 is 1.44 bits per heavy atom. The molecule has 1 aromatic heterocycles. The maximum Gasteiger partial charge on any atom is 0.276 e. The molecule has 1 aromatic carbocycles. The number of pyridine rings is 1. The van der Waals surface area contributed by atoms with Gasteiger partial charge < -0.3 is 0 Å². The first-order valence-corrected chi connectivity index (χ1v) is 5.98. The lowest BCUT2D eigenvalue weighted by atomic mass is 10.1. The average molecular weight is 265 g/mol. The van der Waals surface area contributed by atoms with Crippen molar-refractivity contribution >= 4 is 28.4 Å². The Morgan fingerprint density at radius 3 is 2.94 bits per heavy atom. The largest absolute Gasteiger partial charge is 0.276 e. The number of hydrogen-bond acceptors (Lipinski definition) is 3. The van der Waals surface area contributed by atoms with Crippen molar-refractivity contribution < 1.29 is 9.63 Å². The fourth-order valence-corrected chi connectivity index (χ4v) is 1.83. The number of carbonyl (C=O) groups excluding carboxylic acids is 1. The van der Waals surface area contributed by atoms with E-state index >= 15 is 0 Å². The number of nitrogens with one attached hydrogen (secondary N) is 1. The quantitative estimate of drug-likeness (QED) is 0.868. The number of halogens is 1. The van der Waals surface area contributed by atoms with Crippen molar-refractivity contribution in [3.05, 3.63) is 40.5 Å². The summed E-state index contributed by atoms with van der Waals surface area (Å²) in [6.45, 7) is 4.00. The molecule has 1 amide bonds. The molecule has 0 spiro atoms. The van der Waals surface area contributed by atoms with Crippen molar-refractivity contribution in [3.8, 4) is 0 Å². The number of fused-ring (bicyclic) bond motifs is 1. The number of hydroxylamine groups is 1. The van der Waals surface area contributed by atoms with Gasteiger partial charge in [0.1, 0.15) is 0 Å². The van der Waals surface area contributed by atoms with Crippen LogP contribution in [0.1, 0.15) is 23.0 Å². The van der Waals surface area contributed by atoms with Crippen LogP contribution in [0.5, 0.6) is 0 Å². The highest BCUT2D eigenvalue weighted by Gasteiger charge is 2.11. The number of aryl methyl sites for hydroxylation is 1. The molecule has 1 N–H and O–H groups in total. The van der Waals surface area contributed by atoms with Gasteiger partial charge in [-0.05, 0) is 32.0 Å². The second-order valence-electron chi connectivity index (χ2n) is 3.82. The topological polar surface area (TPSA) is 51.2 Å². The lowest BCUT2D eigenvalue weighted by molar-refractivity contribution is 0.0364. The third kappa shape index (κ3) is 2.60. The Kier molecular flexibility index (Phi) is 3.79. The number of hydrogen-bond donors (Lipinski definition) is 1. The van der Waals surface area contributed by atoms with Crippen molar-refractivity contribution in [1.82, 2.24) is 10.5 Å². The maximum atomic E-state index is 11.8. The maximum absolute atomic E-state index is 11.8. The van der Waals surface area contributed by atoms with Gasteiger partial charge in [0.2, 0.25) is 0 Å². The van der Waals surface area contributed by atoms with Gasteiger partial charge in [-0.25, -0.2) is 5.48 Å². The van der Waals surface area contributed by atoms with E-state index in [1.807, 2.05) is 6.07 Å². The summed E-state index contributed by atoms with van der Waals surface area (Å²) < 4.78 is 0. The van der Waals surface area contributed by atoms with Gasteiger partial charge in [-0.1, -0.05) is 17.7 Å². The molecule has 0 bridgehead atoms. The monoisotopic (exact) mass is 264 g/mol. The third-order valence-corrected chi connectivity index (χ3v) is 2.76. The molecule has 94 valence electrons. The first-order chi connectivity index (χ1) is 8.61. The molecule has 2 rings (SSSR count). The molecule has 18 heavy (non-hydrogen) atoms. The molecule has 0 aliphatic heterocycles. The van der Waals surface area contributed by atoms with Crippen molar-refractivity contribution in [2.24, 2.45) is 0 Å². The highest BCUT2D eigenvalue weighted by molar-refractivity contribution is 6.31. The predicted octanol–water partition coefficient (Wildman–Crippen LogP) is 2.88. The zero-order valence-corrected chi connectivity index (χ0v) is 10.9. The number of aromatic nitrogens is 1. The van der Waals surface area contributed by atoms with Gasteiger partial charge in [-0.3, -0.25) is 14.6 Å². The molecule has 0 aliphatic carbocycles. The first kappa shape index (κ1) is 12.8. The molecule has 4 nitrogen and oxygen atoms in total. The minimum Gasteiger partial charge on any atom is -0.274 e. The summed E-state index contributed by atoms with van der Waals surface area (Å²) in [5.74, 6) is -0.293.